The highest BCUT2D eigenvalue weighted by molar-refractivity contribution is 6.21. The van der Waals surface area contributed by atoms with E-state index in [0.717, 1.165) is 29.2 Å². The molecule has 1 aliphatic rings. The Balaban J connectivity index is 1.66. The summed E-state index contributed by atoms with van der Waals surface area (Å²) in [5.74, 6) is -8.70. The molecule has 1 atom stereocenters. The average molecular weight is 503 g/mol. The lowest BCUT2D eigenvalue weighted by Gasteiger charge is -2.21. The van der Waals surface area contributed by atoms with Crippen molar-refractivity contribution < 1.29 is 36.3 Å². The molecular weight excluding hydrogens is 485 g/mol. The van der Waals surface area contributed by atoms with E-state index in [1.54, 1.807) is 0 Å². The lowest BCUT2D eigenvalue weighted by Crippen LogP contribution is -2.47. The quantitative estimate of drug-likeness (QED) is 0.306. The third-order valence-electron chi connectivity index (χ3n) is 6.07. The summed E-state index contributed by atoms with van der Waals surface area (Å²) in [6.07, 6.45) is 0. The molecule has 1 heterocycles. The van der Waals surface area contributed by atoms with Crippen molar-refractivity contribution in [2.45, 2.75) is 25.4 Å². The van der Waals surface area contributed by atoms with Crippen molar-refractivity contribution in [1.82, 2.24) is 5.32 Å². The predicted molar refractivity (Wildman–Crippen MR) is 118 cm³/mol. The number of carbonyl (C=O) groups is 3. The summed E-state index contributed by atoms with van der Waals surface area (Å²) in [5.41, 5.74) is 3.77. The summed E-state index contributed by atoms with van der Waals surface area (Å²) >= 11 is 0. The van der Waals surface area contributed by atoms with Gasteiger partial charge in [-0.15, -0.1) is 0 Å². The number of carbonyl (C=O) groups excluding carboxylic acids is 3. The van der Waals surface area contributed by atoms with Gasteiger partial charge in [-0.25, -0.2) is 22.0 Å². The van der Waals surface area contributed by atoms with E-state index in [9.17, 15) is 36.3 Å². The molecule has 0 saturated carbocycles. The van der Waals surface area contributed by atoms with Crippen LogP contribution in [0.4, 0.5) is 27.6 Å². The topological polar surface area (TPSA) is 92.5 Å². The highest BCUT2D eigenvalue weighted by Gasteiger charge is 2.52. The first-order valence-electron chi connectivity index (χ1n) is 10.6. The fourth-order valence-corrected chi connectivity index (χ4v) is 4.07. The third-order valence-corrected chi connectivity index (χ3v) is 6.07. The van der Waals surface area contributed by atoms with E-state index in [2.05, 4.69) is 5.32 Å². The molecule has 36 heavy (non-hydrogen) atoms. The molecule has 3 aromatic rings. The second-order valence-corrected chi connectivity index (χ2v) is 8.41. The first-order valence-corrected chi connectivity index (χ1v) is 10.6. The number of amides is 3. The minimum absolute atomic E-state index is 0.0197. The molecule has 4 rings (SSSR count). The lowest BCUT2D eigenvalue weighted by molar-refractivity contribution is -0.132. The van der Waals surface area contributed by atoms with Gasteiger partial charge in [0.1, 0.15) is 11.6 Å². The molecule has 0 fully saturated rings. The highest BCUT2D eigenvalue weighted by atomic mass is 19.2. The third kappa shape index (κ3) is 4.16. The van der Waals surface area contributed by atoms with Gasteiger partial charge < -0.3 is 16.0 Å². The Kier molecular flexibility index (Phi) is 6.25. The van der Waals surface area contributed by atoms with Crippen molar-refractivity contribution >= 4 is 23.4 Å². The Morgan fingerprint density at radius 3 is 2.25 bits per heavy atom. The van der Waals surface area contributed by atoms with Gasteiger partial charge in [-0.3, -0.25) is 14.4 Å². The van der Waals surface area contributed by atoms with Crippen LogP contribution in [0.1, 0.15) is 34.0 Å². The molecule has 0 bridgehead atoms. The second kappa shape index (κ2) is 9.06. The molecule has 0 radical (unpaired) electrons. The maximum Gasteiger partial charge on any atom is 0.251 e. The summed E-state index contributed by atoms with van der Waals surface area (Å²) in [4.78, 5) is 39.3. The van der Waals surface area contributed by atoms with Crippen molar-refractivity contribution in [3.8, 4) is 0 Å². The Morgan fingerprint density at radius 2 is 1.61 bits per heavy atom. The fourth-order valence-electron chi connectivity index (χ4n) is 4.07. The van der Waals surface area contributed by atoms with Gasteiger partial charge in [-0.05, 0) is 42.8 Å². The van der Waals surface area contributed by atoms with Crippen LogP contribution >= 0.6 is 0 Å². The minimum Gasteiger partial charge on any atom is -0.368 e. The van der Waals surface area contributed by atoms with Gasteiger partial charge in [0.15, 0.2) is 22.9 Å². The van der Waals surface area contributed by atoms with Crippen molar-refractivity contribution in [3.05, 3.63) is 99.9 Å². The highest BCUT2D eigenvalue weighted by Crippen LogP contribution is 2.43. The largest absolute Gasteiger partial charge is 0.368 e. The molecule has 0 saturated heterocycles. The number of rotatable bonds is 6. The smallest absolute Gasteiger partial charge is 0.251 e. The molecule has 6 nitrogen and oxygen atoms in total. The molecule has 186 valence electrons. The zero-order chi connectivity index (χ0) is 26.4. The number of fused-ring (bicyclic) bond motifs is 1. The van der Waals surface area contributed by atoms with Crippen molar-refractivity contribution in [3.63, 3.8) is 0 Å². The van der Waals surface area contributed by atoms with E-state index in [-0.39, 0.29) is 34.5 Å². The number of hydrogen-bond acceptors (Lipinski definition) is 3. The van der Waals surface area contributed by atoms with Gasteiger partial charge in [0.25, 0.3) is 5.91 Å². The Morgan fingerprint density at radius 1 is 0.944 bits per heavy atom. The van der Waals surface area contributed by atoms with Crippen LogP contribution < -0.4 is 16.0 Å². The number of primary amides is 1. The SMILES string of the molecule is CC1(C(N)=O)C(=O)N(Cc2cc(F)cc(F)c2)c2cc(C(=O)NCc3ccc(F)c(F)c3F)ccc21. The zero-order valence-corrected chi connectivity index (χ0v) is 18.7. The van der Waals surface area contributed by atoms with Crippen LogP contribution in [0.25, 0.3) is 0 Å². The first-order chi connectivity index (χ1) is 16.9. The summed E-state index contributed by atoms with van der Waals surface area (Å²) in [6.45, 7) is 0.506. The molecule has 0 aliphatic carbocycles. The lowest BCUT2D eigenvalue weighted by atomic mass is 9.83. The van der Waals surface area contributed by atoms with Crippen LogP contribution in [-0.2, 0) is 28.1 Å². The van der Waals surface area contributed by atoms with E-state index < -0.39 is 58.8 Å². The zero-order valence-electron chi connectivity index (χ0n) is 18.7. The van der Waals surface area contributed by atoms with Crippen LogP contribution in [0.2, 0.25) is 0 Å². The van der Waals surface area contributed by atoms with E-state index in [0.29, 0.717) is 6.07 Å². The van der Waals surface area contributed by atoms with E-state index in [1.165, 1.54) is 25.1 Å². The van der Waals surface area contributed by atoms with Crippen molar-refractivity contribution in [2.24, 2.45) is 5.73 Å². The van der Waals surface area contributed by atoms with Gasteiger partial charge in [0, 0.05) is 35.0 Å². The van der Waals surface area contributed by atoms with Crippen LogP contribution in [0, 0.1) is 29.1 Å². The van der Waals surface area contributed by atoms with Crippen LogP contribution in [0.3, 0.4) is 0 Å². The average Bonchev–Trinajstić information content (AvgIpc) is 3.03. The van der Waals surface area contributed by atoms with E-state index in [1.807, 2.05) is 0 Å². The monoisotopic (exact) mass is 503 g/mol. The normalized spacial score (nSPS) is 16.7. The summed E-state index contributed by atoms with van der Waals surface area (Å²) in [5, 5.41) is 2.37. The molecule has 11 heteroatoms. The maximum atomic E-state index is 13.9. The number of benzene rings is 3. The van der Waals surface area contributed by atoms with Crippen LogP contribution in [-0.4, -0.2) is 17.7 Å². The molecule has 3 N–H and O–H groups in total. The molecule has 0 spiro atoms. The molecule has 1 unspecified atom stereocenters. The molecule has 0 aromatic heterocycles. The number of anilines is 1. The Hall–Kier alpha value is -4.28. The number of nitrogens with zero attached hydrogens (tertiary/aromatic N) is 1. The summed E-state index contributed by atoms with van der Waals surface area (Å²) in [7, 11) is 0. The Labute approximate surface area is 201 Å². The summed E-state index contributed by atoms with van der Waals surface area (Å²) < 4.78 is 67.9. The van der Waals surface area contributed by atoms with Crippen molar-refractivity contribution in [1.29, 1.82) is 0 Å². The minimum atomic E-state index is -1.80. The fraction of sp³-hybridized carbons (Fsp3) is 0.160. The molecule has 1 aliphatic heterocycles. The first kappa shape index (κ1) is 24.8. The molecule has 3 aromatic carbocycles. The standard InChI is InChI=1S/C25H18F5N3O3/c1-25(23(31)35)17-4-2-13(22(34)32-10-14-3-5-18(28)21(30)20(14)29)8-19(17)33(24(25)36)11-12-6-15(26)9-16(27)7-12/h2-9H,10-11H2,1H3,(H2,31,35)(H,32,34). The number of hydrogen-bond donors (Lipinski definition) is 2. The van der Waals surface area contributed by atoms with Gasteiger partial charge in [-0.2, -0.15) is 0 Å². The van der Waals surface area contributed by atoms with Gasteiger partial charge in [0.2, 0.25) is 11.8 Å². The maximum absolute atomic E-state index is 13.9. The van der Waals surface area contributed by atoms with Gasteiger partial charge in [0.05, 0.1) is 6.54 Å². The van der Waals surface area contributed by atoms with E-state index >= 15 is 0 Å². The van der Waals surface area contributed by atoms with Gasteiger partial charge in [-0.1, -0.05) is 12.1 Å². The number of halogens is 5. The summed E-state index contributed by atoms with van der Waals surface area (Å²) in [6, 6.07) is 8.31. The van der Waals surface area contributed by atoms with Crippen LogP contribution in [0.5, 0.6) is 0 Å². The van der Waals surface area contributed by atoms with Crippen LogP contribution in [0.15, 0.2) is 48.5 Å². The number of nitrogens with two attached hydrogens (primary N) is 1. The molecular formula is C25H18F5N3O3. The van der Waals surface area contributed by atoms with Crippen molar-refractivity contribution in [2.75, 3.05) is 4.90 Å². The Bertz CT molecular complexity index is 1410. The second-order valence-electron chi connectivity index (χ2n) is 8.41. The van der Waals surface area contributed by atoms with E-state index in [4.69, 9.17) is 5.73 Å². The molecule has 3 amide bonds. The number of nitrogens with one attached hydrogen (secondary N) is 1. The predicted octanol–water partition coefficient (Wildman–Crippen LogP) is 3.60. The van der Waals surface area contributed by atoms with Gasteiger partial charge >= 0.3 is 0 Å².